The lowest BCUT2D eigenvalue weighted by Gasteiger charge is -2.56. The predicted octanol–water partition coefficient (Wildman–Crippen LogP) is 3.50. The smallest absolute Gasteiger partial charge is 0.227 e. The van der Waals surface area contributed by atoms with E-state index in [1.807, 2.05) is 12.1 Å². The molecule has 1 N–H and O–H groups in total. The molecule has 2 saturated carbocycles. The number of anilines is 2. The zero-order chi connectivity index (χ0) is 21.2. The van der Waals surface area contributed by atoms with Crippen LogP contribution in [0.1, 0.15) is 50.0 Å². The Balaban J connectivity index is 1.27. The number of hydrogen-bond donors (Lipinski definition) is 1. The van der Waals surface area contributed by atoms with Crippen LogP contribution in [-0.2, 0) is 10.8 Å². The van der Waals surface area contributed by atoms with Crippen LogP contribution in [-0.4, -0.2) is 55.8 Å². The Hall–Kier alpha value is -1.70. The van der Waals surface area contributed by atoms with Crippen molar-refractivity contribution in [2.75, 3.05) is 28.7 Å². The Labute approximate surface area is 190 Å². The molecule has 6 nitrogen and oxygen atoms in total. The van der Waals surface area contributed by atoms with Crippen molar-refractivity contribution >= 4 is 34.2 Å². The summed E-state index contributed by atoms with van der Waals surface area (Å²) in [5.74, 6) is 2.66. The summed E-state index contributed by atoms with van der Waals surface area (Å²) in [6.07, 6.45) is 8.19. The number of halogens is 1. The zero-order valence-corrected chi connectivity index (χ0v) is 19.0. The Morgan fingerprint density at radius 3 is 2.55 bits per heavy atom. The van der Waals surface area contributed by atoms with Gasteiger partial charge in [0.15, 0.2) is 5.82 Å². The minimum Gasteiger partial charge on any atom is -0.394 e. The van der Waals surface area contributed by atoms with Crippen LogP contribution in [0.25, 0.3) is 0 Å². The third kappa shape index (κ3) is 3.11. The van der Waals surface area contributed by atoms with Crippen LogP contribution in [0.5, 0.6) is 0 Å². The minimum absolute atomic E-state index is 0.121. The van der Waals surface area contributed by atoms with E-state index in [0.29, 0.717) is 30.3 Å². The van der Waals surface area contributed by atoms with Crippen molar-refractivity contribution in [1.29, 1.82) is 0 Å². The van der Waals surface area contributed by atoms with Gasteiger partial charge in [-0.25, -0.2) is 4.98 Å². The SMILES string of the molecule is O=[S@]1CCN(C2(CO)CCC2)c2nc(N3C4CC(c5ccc(Cl)cc5)CC3C4)ncc21. The lowest BCUT2D eigenvalue weighted by Crippen LogP contribution is -2.62. The largest absolute Gasteiger partial charge is 0.394 e. The van der Waals surface area contributed by atoms with Crippen molar-refractivity contribution in [3.63, 3.8) is 0 Å². The highest BCUT2D eigenvalue weighted by Crippen LogP contribution is 2.48. The van der Waals surface area contributed by atoms with Gasteiger partial charge in [0, 0.05) is 29.4 Å². The number of aliphatic hydroxyl groups excluding tert-OH is 1. The fourth-order valence-corrected chi connectivity index (χ4v) is 7.21. The first-order chi connectivity index (χ1) is 15.1. The number of nitrogens with zero attached hydrogens (tertiary/aromatic N) is 4. The molecule has 1 aromatic carbocycles. The van der Waals surface area contributed by atoms with Crippen molar-refractivity contribution in [1.82, 2.24) is 9.97 Å². The summed E-state index contributed by atoms with van der Waals surface area (Å²) in [6.45, 7) is 0.804. The van der Waals surface area contributed by atoms with Gasteiger partial charge in [-0.1, -0.05) is 23.7 Å². The van der Waals surface area contributed by atoms with Gasteiger partial charge in [0.1, 0.15) is 0 Å². The van der Waals surface area contributed by atoms with Crippen LogP contribution in [0.15, 0.2) is 35.4 Å². The van der Waals surface area contributed by atoms with Crippen molar-refractivity contribution in [3.8, 4) is 0 Å². The first-order valence-electron chi connectivity index (χ1n) is 11.3. The Bertz CT molecular complexity index is 1010. The van der Waals surface area contributed by atoms with Crippen LogP contribution in [0.2, 0.25) is 5.02 Å². The van der Waals surface area contributed by atoms with Gasteiger partial charge in [0.25, 0.3) is 0 Å². The number of rotatable bonds is 4. The molecule has 0 amide bonds. The van der Waals surface area contributed by atoms with Crippen LogP contribution in [0.4, 0.5) is 11.8 Å². The first-order valence-corrected chi connectivity index (χ1v) is 13.0. The van der Waals surface area contributed by atoms with Crippen molar-refractivity contribution < 1.29 is 9.32 Å². The van der Waals surface area contributed by atoms with Gasteiger partial charge in [-0.15, -0.1) is 0 Å². The molecule has 2 aromatic rings. The molecule has 2 aliphatic carbocycles. The fraction of sp³-hybridized carbons (Fsp3) is 0.565. The van der Waals surface area contributed by atoms with Crippen molar-refractivity contribution in [3.05, 3.63) is 41.0 Å². The monoisotopic (exact) mass is 458 g/mol. The van der Waals surface area contributed by atoms with Gasteiger partial charge in [-0.2, -0.15) is 4.98 Å². The van der Waals surface area contributed by atoms with E-state index in [2.05, 4.69) is 26.9 Å². The van der Waals surface area contributed by atoms with Crippen LogP contribution < -0.4 is 9.80 Å². The third-order valence-corrected chi connectivity index (χ3v) is 9.48. The summed E-state index contributed by atoms with van der Waals surface area (Å²) >= 11 is 6.06. The topological polar surface area (TPSA) is 69.6 Å². The number of fused-ring (bicyclic) bond motifs is 3. The summed E-state index contributed by atoms with van der Waals surface area (Å²) in [5, 5.41) is 10.9. The molecule has 164 valence electrons. The highest BCUT2D eigenvalue weighted by molar-refractivity contribution is 7.85. The molecule has 0 radical (unpaired) electrons. The highest BCUT2D eigenvalue weighted by atomic mass is 35.5. The van der Waals surface area contributed by atoms with E-state index in [-0.39, 0.29) is 12.1 Å². The summed E-state index contributed by atoms with van der Waals surface area (Å²) in [7, 11) is -1.07. The molecule has 5 aliphatic rings. The molecule has 2 unspecified atom stereocenters. The van der Waals surface area contributed by atoms with Gasteiger partial charge in [-0.05, 0) is 62.1 Å². The highest BCUT2D eigenvalue weighted by Gasteiger charge is 2.49. The first kappa shape index (κ1) is 19.9. The fourth-order valence-electron chi connectivity index (χ4n) is 5.99. The average Bonchev–Trinajstić information content (AvgIpc) is 2.75. The summed E-state index contributed by atoms with van der Waals surface area (Å²) in [5.41, 5.74) is 1.12. The Morgan fingerprint density at radius 2 is 1.90 bits per heavy atom. The molecule has 31 heavy (non-hydrogen) atoms. The molecule has 4 fully saturated rings. The van der Waals surface area contributed by atoms with Crippen molar-refractivity contribution in [2.24, 2.45) is 0 Å². The molecule has 3 atom stereocenters. The van der Waals surface area contributed by atoms with E-state index >= 15 is 0 Å². The van der Waals surface area contributed by atoms with E-state index in [1.54, 1.807) is 6.20 Å². The van der Waals surface area contributed by atoms with E-state index < -0.39 is 10.8 Å². The molecule has 1 aromatic heterocycles. The van der Waals surface area contributed by atoms with E-state index in [0.717, 1.165) is 53.8 Å². The van der Waals surface area contributed by atoms with Gasteiger partial charge in [0.2, 0.25) is 5.95 Å². The normalized spacial score (nSPS) is 30.9. The number of hydrogen-bond acceptors (Lipinski definition) is 6. The second-order valence-corrected chi connectivity index (χ2v) is 11.4. The molecule has 4 heterocycles. The summed E-state index contributed by atoms with van der Waals surface area (Å²) < 4.78 is 12.7. The van der Waals surface area contributed by atoms with Crippen LogP contribution >= 0.6 is 11.6 Å². The molecule has 0 spiro atoms. The number of benzene rings is 1. The molecule has 8 heteroatoms. The lowest BCUT2D eigenvalue weighted by molar-refractivity contribution is 0.115. The Kier molecular flexibility index (Phi) is 4.78. The van der Waals surface area contributed by atoms with Gasteiger partial charge < -0.3 is 14.9 Å². The molecule has 2 bridgehead atoms. The predicted molar refractivity (Wildman–Crippen MR) is 122 cm³/mol. The number of aliphatic hydroxyl groups is 1. The summed E-state index contributed by atoms with van der Waals surface area (Å²) in [6, 6.07) is 9.14. The molecular formula is C23H27ClN4O2S. The minimum atomic E-state index is -1.07. The van der Waals surface area contributed by atoms with Crippen molar-refractivity contribution in [2.45, 2.75) is 67.0 Å². The maximum Gasteiger partial charge on any atom is 0.227 e. The second-order valence-electron chi connectivity index (χ2n) is 9.47. The van der Waals surface area contributed by atoms with Gasteiger partial charge >= 0.3 is 0 Å². The standard InChI is InChI=1S/C23H27ClN4O2S/c24-17-4-2-15(3-5-17)16-10-18-12-19(11-16)28(18)22-25-13-20-21(26-22)27(8-9-31(20)30)23(14-29)6-1-7-23/h2-5,13,16,18-19,29H,1,6-12,14H2/t16?,18?,19?,31-/m0/s1. The van der Waals surface area contributed by atoms with E-state index in [4.69, 9.17) is 16.6 Å². The quantitative estimate of drug-likeness (QED) is 0.756. The Morgan fingerprint density at radius 1 is 1.16 bits per heavy atom. The second kappa shape index (κ2) is 7.42. The maximum atomic E-state index is 12.7. The lowest BCUT2D eigenvalue weighted by atomic mass is 9.71. The molecular weight excluding hydrogens is 432 g/mol. The van der Waals surface area contributed by atoms with E-state index in [1.165, 1.54) is 12.0 Å². The summed E-state index contributed by atoms with van der Waals surface area (Å²) in [4.78, 5) is 14.9. The maximum absolute atomic E-state index is 12.7. The van der Waals surface area contributed by atoms with Gasteiger partial charge in [0.05, 0.1) is 34.0 Å². The average molecular weight is 459 g/mol. The zero-order valence-electron chi connectivity index (χ0n) is 17.4. The molecule has 3 aliphatic heterocycles. The molecule has 2 saturated heterocycles. The molecule has 7 rings (SSSR count). The third-order valence-electron chi connectivity index (χ3n) is 7.89. The van der Waals surface area contributed by atoms with E-state index in [9.17, 15) is 9.32 Å². The van der Waals surface area contributed by atoms with Gasteiger partial charge in [-0.3, -0.25) is 4.21 Å². The van der Waals surface area contributed by atoms with Crippen LogP contribution in [0.3, 0.4) is 0 Å². The number of piperidine rings is 1. The number of aromatic nitrogens is 2. The van der Waals surface area contributed by atoms with Crippen LogP contribution in [0, 0.1) is 0 Å².